The molecule has 1 N–H and O–H groups in total. The number of benzene rings is 1. The molecule has 0 bridgehead atoms. The van der Waals surface area contributed by atoms with Crippen molar-refractivity contribution in [1.82, 2.24) is 10.2 Å². The highest BCUT2D eigenvalue weighted by Gasteiger charge is 2.27. The molecule has 136 valence electrons. The Morgan fingerprint density at radius 3 is 2.44 bits per heavy atom. The largest absolute Gasteiger partial charge is 0.379 e. The molecule has 1 aromatic carbocycles. The third-order valence-electron chi connectivity index (χ3n) is 3.74. The Hall–Kier alpha value is -2.30. The van der Waals surface area contributed by atoms with Gasteiger partial charge in [0.15, 0.2) is 0 Å². The predicted molar refractivity (Wildman–Crippen MR) is 89.0 cm³/mol. The summed E-state index contributed by atoms with van der Waals surface area (Å²) >= 11 is 5.75. The third kappa shape index (κ3) is 5.08. The molecule has 1 aliphatic rings. The Bertz CT molecular complexity index is 678. The molecule has 0 spiro atoms. The number of nitrogens with zero attached hydrogens (tertiary/aromatic N) is 3. The molecular formula is C14H17ClN4O6. The van der Waals surface area contributed by atoms with Crippen LogP contribution in [0.25, 0.3) is 0 Å². The number of ether oxygens (including phenoxy) is 1. The van der Waals surface area contributed by atoms with Crippen molar-refractivity contribution in [1.29, 1.82) is 0 Å². The maximum Gasteiger partial charge on any atom is 0.294 e. The minimum Gasteiger partial charge on any atom is -0.379 e. The fourth-order valence-corrected chi connectivity index (χ4v) is 2.68. The molecule has 1 amide bonds. The van der Waals surface area contributed by atoms with Crippen molar-refractivity contribution in [3.63, 3.8) is 0 Å². The lowest BCUT2D eigenvalue weighted by Gasteiger charge is -2.26. The molecule has 11 heteroatoms. The van der Waals surface area contributed by atoms with Crippen LogP contribution < -0.4 is 5.32 Å². The van der Waals surface area contributed by atoms with Crippen LogP contribution in [0.2, 0.25) is 5.02 Å². The van der Waals surface area contributed by atoms with Crippen LogP contribution in [0, 0.1) is 20.2 Å². The number of amides is 1. The topological polar surface area (TPSA) is 128 Å². The van der Waals surface area contributed by atoms with E-state index in [0.717, 1.165) is 25.7 Å². The Labute approximate surface area is 148 Å². The van der Waals surface area contributed by atoms with Gasteiger partial charge in [0, 0.05) is 19.6 Å². The van der Waals surface area contributed by atoms with Crippen molar-refractivity contribution >= 4 is 28.9 Å². The molecule has 0 atom stereocenters. The number of nitrogens with one attached hydrogen (secondary N) is 1. The van der Waals surface area contributed by atoms with Crippen LogP contribution in [0.3, 0.4) is 0 Å². The first-order valence-electron chi connectivity index (χ1n) is 7.60. The smallest absolute Gasteiger partial charge is 0.294 e. The number of rotatable bonds is 7. The summed E-state index contributed by atoms with van der Waals surface area (Å²) in [5.41, 5.74) is -1.56. The second-order valence-corrected chi connectivity index (χ2v) is 5.81. The van der Waals surface area contributed by atoms with Crippen LogP contribution in [0.5, 0.6) is 0 Å². The van der Waals surface area contributed by atoms with Crippen LogP contribution in [0.4, 0.5) is 11.4 Å². The summed E-state index contributed by atoms with van der Waals surface area (Å²) in [6.07, 6.45) is 0.667. The van der Waals surface area contributed by atoms with E-state index in [1.165, 1.54) is 0 Å². The first kappa shape index (κ1) is 19.0. The van der Waals surface area contributed by atoms with Gasteiger partial charge in [0.2, 0.25) is 0 Å². The Morgan fingerprint density at radius 2 is 1.84 bits per heavy atom. The van der Waals surface area contributed by atoms with Gasteiger partial charge in [-0.1, -0.05) is 11.6 Å². The molecule has 10 nitrogen and oxygen atoms in total. The van der Waals surface area contributed by atoms with Crippen molar-refractivity contribution in [2.24, 2.45) is 0 Å². The first-order valence-corrected chi connectivity index (χ1v) is 7.98. The average molecular weight is 373 g/mol. The van der Waals surface area contributed by atoms with Gasteiger partial charge in [-0.3, -0.25) is 29.9 Å². The lowest BCUT2D eigenvalue weighted by atomic mass is 10.1. The maximum atomic E-state index is 12.2. The van der Waals surface area contributed by atoms with E-state index in [4.69, 9.17) is 16.3 Å². The van der Waals surface area contributed by atoms with Crippen LogP contribution in [0.15, 0.2) is 12.1 Å². The summed E-state index contributed by atoms with van der Waals surface area (Å²) in [7, 11) is 0. The molecule has 0 saturated carbocycles. The van der Waals surface area contributed by atoms with Gasteiger partial charge in [0.25, 0.3) is 17.3 Å². The SMILES string of the molecule is O=C(NCCCN1CCOCC1)c1cc(Cl)c([N+](=O)[O-])cc1[N+](=O)[O-]. The van der Waals surface area contributed by atoms with Gasteiger partial charge in [-0.2, -0.15) is 0 Å². The minimum atomic E-state index is -0.841. The summed E-state index contributed by atoms with van der Waals surface area (Å²) in [5.74, 6) is -0.689. The summed E-state index contributed by atoms with van der Waals surface area (Å²) in [5, 5.41) is 24.2. The summed E-state index contributed by atoms with van der Waals surface area (Å²) in [4.78, 5) is 34.6. The normalized spacial score (nSPS) is 14.9. The van der Waals surface area contributed by atoms with Gasteiger partial charge in [-0.05, 0) is 19.0 Å². The lowest BCUT2D eigenvalue weighted by molar-refractivity contribution is -0.394. The molecule has 0 aliphatic carbocycles. The number of nitro groups is 2. The van der Waals surface area contributed by atoms with Gasteiger partial charge in [0.1, 0.15) is 10.6 Å². The Kier molecular flexibility index (Phi) is 6.62. The lowest BCUT2D eigenvalue weighted by Crippen LogP contribution is -2.38. The zero-order valence-corrected chi connectivity index (χ0v) is 14.0. The van der Waals surface area contributed by atoms with E-state index in [1.54, 1.807) is 0 Å². The molecule has 1 saturated heterocycles. The molecule has 2 rings (SSSR count). The van der Waals surface area contributed by atoms with E-state index in [0.29, 0.717) is 32.2 Å². The van der Waals surface area contributed by atoms with Crippen molar-refractivity contribution in [2.45, 2.75) is 6.42 Å². The molecule has 1 aromatic rings. The summed E-state index contributed by atoms with van der Waals surface area (Å²) in [6.45, 7) is 4.11. The van der Waals surface area contributed by atoms with Crippen LogP contribution in [-0.2, 0) is 4.74 Å². The molecule has 0 radical (unpaired) electrons. The average Bonchev–Trinajstić information content (AvgIpc) is 2.58. The maximum absolute atomic E-state index is 12.2. The second kappa shape index (κ2) is 8.70. The van der Waals surface area contributed by atoms with Crippen molar-refractivity contribution in [3.8, 4) is 0 Å². The standard InChI is InChI=1S/C14H17ClN4O6/c15-11-8-10(12(18(21)22)9-13(11)19(23)24)14(20)16-2-1-3-17-4-6-25-7-5-17/h8-9H,1-7H2,(H,16,20). The number of nitro benzene ring substituents is 2. The number of carbonyl (C=O) groups excluding carboxylic acids is 1. The Morgan fingerprint density at radius 1 is 1.20 bits per heavy atom. The summed E-state index contributed by atoms with van der Waals surface area (Å²) < 4.78 is 5.24. The zero-order valence-electron chi connectivity index (χ0n) is 13.3. The zero-order chi connectivity index (χ0) is 18.4. The van der Waals surface area contributed by atoms with E-state index in [-0.39, 0.29) is 10.6 Å². The van der Waals surface area contributed by atoms with E-state index in [9.17, 15) is 25.0 Å². The molecular weight excluding hydrogens is 356 g/mol. The molecule has 0 aromatic heterocycles. The summed E-state index contributed by atoms with van der Waals surface area (Å²) in [6, 6.07) is 1.65. The van der Waals surface area contributed by atoms with Crippen molar-refractivity contribution in [2.75, 3.05) is 39.4 Å². The minimum absolute atomic E-state index is 0.299. The third-order valence-corrected chi connectivity index (χ3v) is 4.05. The van der Waals surface area contributed by atoms with Gasteiger partial charge in [0.05, 0.1) is 29.1 Å². The number of carbonyl (C=O) groups is 1. The fraction of sp³-hybridized carbons (Fsp3) is 0.500. The number of hydrogen-bond donors (Lipinski definition) is 1. The van der Waals surface area contributed by atoms with E-state index in [1.807, 2.05) is 0 Å². The first-order chi connectivity index (χ1) is 11.9. The van der Waals surface area contributed by atoms with Gasteiger partial charge < -0.3 is 10.1 Å². The van der Waals surface area contributed by atoms with E-state index in [2.05, 4.69) is 10.2 Å². The van der Waals surface area contributed by atoms with E-state index < -0.39 is 27.1 Å². The fourth-order valence-electron chi connectivity index (χ4n) is 2.45. The highest BCUT2D eigenvalue weighted by molar-refractivity contribution is 6.33. The van der Waals surface area contributed by atoms with E-state index >= 15 is 0 Å². The van der Waals surface area contributed by atoms with Crippen LogP contribution in [-0.4, -0.2) is 60.0 Å². The number of halogens is 1. The quantitative estimate of drug-likeness (QED) is 0.437. The van der Waals surface area contributed by atoms with Gasteiger partial charge >= 0.3 is 0 Å². The van der Waals surface area contributed by atoms with Gasteiger partial charge in [-0.15, -0.1) is 0 Å². The highest BCUT2D eigenvalue weighted by atomic mass is 35.5. The molecule has 1 heterocycles. The molecule has 1 fully saturated rings. The van der Waals surface area contributed by atoms with Crippen molar-refractivity contribution in [3.05, 3.63) is 42.9 Å². The molecule has 0 unspecified atom stereocenters. The van der Waals surface area contributed by atoms with Crippen molar-refractivity contribution < 1.29 is 19.4 Å². The predicted octanol–water partition coefficient (Wildman–Crippen LogP) is 1.61. The van der Waals surface area contributed by atoms with Crippen LogP contribution >= 0.6 is 11.6 Å². The number of hydrogen-bond acceptors (Lipinski definition) is 7. The highest BCUT2D eigenvalue weighted by Crippen LogP contribution is 2.32. The Balaban J connectivity index is 1.99. The molecule has 25 heavy (non-hydrogen) atoms. The number of morpholine rings is 1. The monoisotopic (exact) mass is 372 g/mol. The van der Waals surface area contributed by atoms with Gasteiger partial charge in [-0.25, -0.2) is 0 Å². The molecule has 1 aliphatic heterocycles. The second-order valence-electron chi connectivity index (χ2n) is 5.40. The van der Waals surface area contributed by atoms with Crippen LogP contribution in [0.1, 0.15) is 16.8 Å².